The Morgan fingerprint density at radius 1 is 1.30 bits per heavy atom. The standard InChI is InChI=1S/C18H23N3OS/c22-18-16-15(23-17(20-16)14-6-9-19-10-7-14)8-11-21(18)12-13-4-2-1-3-5-13/h2,4-5,14,19H,1,3,6-12H2. The minimum absolute atomic E-state index is 0.127. The van der Waals surface area contributed by atoms with Crippen LogP contribution in [0.15, 0.2) is 23.8 Å². The highest BCUT2D eigenvalue weighted by molar-refractivity contribution is 7.12. The monoisotopic (exact) mass is 329 g/mol. The molecule has 0 saturated carbocycles. The minimum Gasteiger partial charge on any atom is -0.333 e. The number of fused-ring (bicyclic) bond motifs is 1. The van der Waals surface area contributed by atoms with Crippen molar-refractivity contribution < 1.29 is 4.79 Å². The first-order chi connectivity index (χ1) is 11.3. The first-order valence-corrected chi connectivity index (χ1v) is 9.48. The molecule has 0 atom stereocenters. The fourth-order valence-corrected chi connectivity index (χ4v) is 4.81. The molecule has 1 amide bonds. The Bertz CT molecular complexity index is 655. The molecule has 4 rings (SSSR count). The molecule has 1 saturated heterocycles. The summed E-state index contributed by atoms with van der Waals surface area (Å²) in [4.78, 5) is 20.7. The Morgan fingerprint density at radius 2 is 2.17 bits per heavy atom. The van der Waals surface area contributed by atoms with E-state index in [9.17, 15) is 4.79 Å². The number of carbonyl (C=O) groups excluding carboxylic acids is 1. The molecule has 1 aromatic rings. The van der Waals surface area contributed by atoms with Crippen molar-refractivity contribution in [3.63, 3.8) is 0 Å². The van der Waals surface area contributed by atoms with Crippen LogP contribution in [0.4, 0.5) is 0 Å². The molecule has 0 unspecified atom stereocenters. The van der Waals surface area contributed by atoms with Crippen molar-refractivity contribution in [2.75, 3.05) is 26.2 Å². The van der Waals surface area contributed by atoms with Gasteiger partial charge in [-0.2, -0.15) is 0 Å². The lowest BCUT2D eigenvalue weighted by molar-refractivity contribution is 0.0751. The van der Waals surface area contributed by atoms with Gasteiger partial charge in [0, 0.05) is 30.3 Å². The van der Waals surface area contributed by atoms with Crippen LogP contribution in [-0.4, -0.2) is 42.0 Å². The van der Waals surface area contributed by atoms with E-state index >= 15 is 0 Å². The maximum Gasteiger partial charge on any atom is 0.273 e. The summed E-state index contributed by atoms with van der Waals surface area (Å²) >= 11 is 1.78. The molecule has 23 heavy (non-hydrogen) atoms. The summed E-state index contributed by atoms with van der Waals surface area (Å²) in [6, 6.07) is 0. The van der Waals surface area contributed by atoms with Gasteiger partial charge in [-0.15, -0.1) is 11.3 Å². The zero-order valence-electron chi connectivity index (χ0n) is 13.4. The van der Waals surface area contributed by atoms with Crippen LogP contribution >= 0.6 is 11.3 Å². The average molecular weight is 329 g/mol. The average Bonchev–Trinajstić information content (AvgIpc) is 3.04. The second-order valence-corrected chi connectivity index (χ2v) is 7.70. The Morgan fingerprint density at radius 3 is 2.96 bits per heavy atom. The second kappa shape index (κ2) is 6.57. The molecule has 0 bridgehead atoms. The fourth-order valence-electron chi connectivity index (χ4n) is 3.59. The van der Waals surface area contributed by atoms with Crippen molar-refractivity contribution in [2.45, 2.75) is 38.0 Å². The first kappa shape index (κ1) is 15.1. The number of hydrogen-bond acceptors (Lipinski definition) is 4. The zero-order chi connectivity index (χ0) is 15.6. The third-order valence-corrected chi connectivity index (χ3v) is 6.22. The molecule has 122 valence electrons. The van der Waals surface area contributed by atoms with E-state index in [1.165, 1.54) is 15.5 Å². The molecule has 2 aliphatic heterocycles. The van der Waals surface area contributed by atoms with E-state index in [0.29, 0.717) is 5.92 Å². The van der Waals surface area contributed by atoms with Crippen molar-refractivity contribution in [2.24, 2.45) is 0 Å². The van der Waals surface area contributed by atoms with Gasteiger partial charge < -0.3 is 10.2 Å². The lowest BCUT2D eigenvalue weighted by atomic mass is 9.99. The molecule has 5 heteroatoms. The van der Waals surface area contributed by atoms with Gasteiger partial charge in [0.05, 0.1) is 5.01 Å². The van der Waals surface area contributed by atoms with Gasteiger partial charge in [-0.1, -0.05) is 18.2 Å². The normalized spacial score (nSPS) is 22.2. The predicted molar refractivity (Wildman–Crippen MR) is 93.0 cm³/mol. The van der Waals surface area contributed by atoms with Crippen molar-refractivity contribution in [3.05, 3.63) is 39.4 Å². The maximum absolute atomic E-state index is 12.8. The van der Waals surface area contributed by atoms with Gasteiger partial charge in [0.25, 0.3) is 5.91 Å². The highest BCUT2D eigenvalue weighted by Crippen LogP contribution is 2.33. The third-order valence-electron chi connectivity index (χ3n) is 4.95. The number of allylic oxidation sites excluding steroid dienone is 2. The molecule has 0 radical (unpaired) electrons. The molecular formula is C18H23N3OS. The van der Waals surface area contributed by atoms with E-state index in [-0.39, 0.29) is 5.91 Å². The number of rotatable bonds is 3. The number of hydrogen-bond donors (Lipinski definition) is 1. The topological polar surface area (TPSA) is 45.2 Å². The highest BCUT2D eigenvalue weighted by atomic mass is 32.1. The van der Waals surface area contributed by atoms with Gasteiger partial charge in [-0.3, -0.25) is 4.79 Å². The summed E-state index contributed by atoms with van der Waals surface area (Å²) in [7, 11) is 0. The SMILES string of the molecule is O=C1c2nc(C3CCNCC3)sc2CCN1CC1=CCCC=C1. The molecular weight excluding hydrogens is 306 g/mol. The number of aromatic nitrogens is 1. The number of thiazole rings is 1. The van der Waals surface area contributed by atoms with Crippen LogP contribution in [0.1, 0.15) is 52.0 Å². The molecule has 1 aliphatic carbocycles. The number of carbonyl (C=O) groups is 1. The summed E-state index contributed by atoms with van der Waals surface area (Å²) in [6.07, 6.45) is 12.1. The van der Waals surface area contributed by atoms with E-state index in [2.05, 4.69) is 23.5 Å². The van der Waals surface area contributed by atoms with Gasteiger partial charge in [0.2, 0.25) is 0 Å². The number of amides is 1. The number of piperidine rings is 1. The molecule has 0 spiro atoms. The van der Waals surface area contributed by atoms with Crippen molar-refractivity contribution >= 4 is 17.2 Å². The Labute approximate surface area is 141 Å². The lowest BCUT2D eigenvalue weighted by Gasteiger charge is -2.26. The second-order valence-electron chi connectivity index (χ2n) is 6.58. The molecule has 3 heterocycles. The van der Waals surface area contributed by atoms with E-state index < -0.39 is 0 Å². The van der Waals surface area contributed by atoms with Crippen LogP contribution in [0.3, 0.4) is 0 Å². The smallest absolute Gasteiger partial charge is 0.273 e. The van der Waals surface area contributed by atoms with Crippen LogP contribution in [0.25, 0.3) is 0 Å². The van der Waals surface area contributed by atoms with Crippen LogP contribution in [0.2, 0.25) is 0 Å². The molecule has 0 aromatic carbocycles. The van der Waals surface area contributed by atoms with E-state index in [1.807, 2.05) is 4.90 Å². The van der Waals surface area contributed by atoms with Crippen molar-refractivity contribution in [1.29, 1.82) is 0 Å². The van der Waals surface area contributed by atoms with Gasteiger partial charge in [-0.05, 0) is 44.3 Å². The summed E-state index contributed by atoms with van der Waals surface area (Å²) in [5.74, 6) is 0.666. The van der Waals surface area contributed by atoms with Crippen LogP contribution in [0, 0.1) is 0 Å². The molecule has 4 nitrogen and oxygen atoms in total. The number of nitrogens with zero attached hydrogens (tertiary/aromatic N) is 2. The van der Waals surface area contributed by atoms with Crippen molar-refractivity contribution in [3.8, 4) is 0 Å². The summed E-state index contributed by atoms with van der Waals surface area (Å²) < 4.78 is 0. The molecule has 1 aromatic heterocycles. The quantitative estimate of drug-likeness (QED) is 0.927. The third kappa shape index (κ3) is 3.12. The number of nitrogens with one attached hydrogen (secondary N) is 1. The first-order valence-electron chi connectivity index (χ1n) is 8.66. The van der Waals surface area contributed by atoms with Crippen LogP contribution in [-0.2, 0) is 6.42 Å². The fraction of sp³-hybridized carbons (Fsp3) is 0.556. The van der Waals surface area contributed by atoms with Crippen LogP contribution in [0.5, 0.6) is 0 Å². The lowest BCUT2D eigenvalue weighted by Crippen LogP contribution is -2.38. The van der Waals surface area contributed by atoms with Crippen LogP contribution < -0.4 is 5.32 Å². The Balaban J connectivity index is 1.50. The van der Waals surface area contributed by atoms with E-state index in [4.69, 9.17) is 4.98 Å². The van der Waals surface area contributed by atoms with Gasteiger partial charge >= 0.3 is 0 Å². The zero-order valence-corrected chi connectivity index (χ0v) is 14.2. The Hall–Kier alpha value is -1.46. The summed E-state index contributed by atoms with van der Waals surface area (Å²) in [5, 5.41) is 4.58. The molecule has 1 fully saturated rings. The van der Waals surface area contributed by atoms with Crippen molar-refractivity contribution in [1.82, 2.24) is 15.2 Å². The van der Waals surface area contributed by atoms with Gasteiger partial charge in [-0.25, -0.2) is 4.98 Å². The van der Waals surface area contributed by atoms with Gasteiger partial charge in [0.15, 0.2) is 0 Å². The maximum atomic E-state index is 12.8. The summed E-state index contributed by atoms with van der Waals surface area (Å²) in [6.45, 7) is 3.69. The van der Waals surface area contributed by atoms with E-state index in [0.717, 1.165) is 64.0 Å². The van der Waals surface area contributed by atoms with Gasteiger partial charge in [0.1, 0.15) is 5.69 Å². The molecule has 3 aliphatic rings. The summed E-state index contributed by atoms with van der Waals surface area (Å²) in [5.41, 5.74) is 2.00. The highest BCUT2D eigenvalue weighted by Gasteiger charge is 2.30. The minimum atomic E-state index is 0.127. The predicted octanol–water partition coefficient (Wildman–Crippen LogP) is 2.88. The largest absolute Gasteiger partial charge is 0.333 e. The van der Waals surface area contributed by atoms with E-state index in [1.54, 1.807) is 11.3 Å². The molecule has 1 N–H and O–H groups in total. The Kier molecular flexibility index (Phi) is 4.31.